The van der Waals surface area contributed by atoms with Crippen molar-refractivity contribution in [2.75, 3.05) is 4.90 Å². The van der Waals surface area contributed by atoms with Crippen molar-refractivity contribution in [3.8, 4) is 44.9 Å². The first-order valence-corrected chi connectivity index (χ1v) is 24.4. The number of nitrogens with zero attached hydrogens (tertiary/aromatic N) is 3. The monoisotopic (exact) mass is 903 g/mol. The fourth-order valence-electron chi connectivity index (χ4n) is 11.3. The molecular formula is C68H45N3. The van der Waals surface area contributed by atoms with Crippen LogP contribution >= 0.6 is 0 Å². The van der Waals surface area contributed by atoms with Gasteiger partial charge in [-0.3, -0.25) is 0 Å². The van der Waals surface area contributed by atoms with E-state index in [2.05, 4.69) is 287 Å². The fraction of sp³-hybridized carbons (Fsp3) is 0. The number of rotatable bonds is 8. The van der Waals surface area contributed by atoms with Crippen LogP contribution in [0.2, 0.25) is 0 Å². The Bertz CT molecular complexity index is 4310. The van der Waals surface area contributed by atoms with E-state index in [4.69, 9.17) is 0 Å². The molecule has 0 saturated carbocycles. The molecule has 0 spiro atoms. The maximum absolute atomic E-state index is 2.52. The lowest BCUT2D eigenvalue weighted by atomic mass is 9.92. The molecule has 0 N–H and O–H groups in total. The van der Waals surface area contributed by atoms with Crippen molar-refractivity contribution in [2.45, 2.75) is 0 Å². The highest BCUT2D eigenvalue weighted by Crippen LogP contribution is 2.49. The van der Waals surface area contributed by atoms with Gasteiger partial charge in [0.25, 0.3) is 0 Å². The molecule has 12 aromatic carbocycles. The molecule has 0 radical (unpaired) electrons. The lowest BCUT2D eigenvalue weighted by molar-refractivity contribution is 1.14. The van der Waals surface area contributed by atoms with E-state index in [0.29, 0.717) is 0 Å². The zero-order valence-corrected chi connectivity index (χ0v) is 38.8. The summed E-state index contributed by atoms with van der Waals surface area (Å²) in [6.07, 6.45) is 0. The quantitative estimate of drug-likeness (QED) is 0.148. The molecule has 2 heterocycles. The van der Waals surface area contributed by atoms with Gasteiger partial charge >= 0.3 is 0 Å². The van der Waals surface area contributed by atoms with Crippen LogP contribution in [0.1, 0.15) is 0 Å². The molecule has 3 nitrogen and oxygen atoms in total. The summed E-state index contributed by atoms with van der Waals surface area (Å²) in [5, 5.41) is 10.9. The first-order chi connectivity index (χ1) is 35.2. The van der Waals surface area contributed by atoms with Gasteiger partial charge in [-0.25, -0.2) is 0 Å². The summed E-state index contributed by atoms with van der Waals surface area (Å²) in [6, 6.07) is 99.9. The minimum Gasteiger partial charge on any atom is -0.310 e. The zero-order valence-electron chi connectivity index (χ0n) is 38.8. The molecule has 0 unspecified atom stereocenters. The van der Waals surface area contributed by atoms with Crippen LogP contribution in [0.25, 0.3) is 110 Å². The Morgan fingerprint density at radius 1 is 0.282 bits per heavy atom. The van der Waals surface area contributed by atoms with Crippen LogP contribution in [0.4, 0.5) is 17.1 Å². The maximum Gasteiger partial charge on any atom is 0.0620 e. The van der Waals surface area contributed by atoms with Crippen LogP contribution in [-0.2, 0) is 0 Å². The molecule has 0 aliphatic carbocycles. The standard InChI is InChI=1S/C68H45N3/c1-4-21-49(22-5-1)66-62-45-60(57-30-14-15-32-59(57)68(62)71(67(66)50-23-6-2-7-24-50)54-40-35-46-19-10-11-25-51(46)43-54)48-36-38-53(39-37-48)69(63-34-18-26-47-20-12-13-29-56(47)63)55-41-42-65-61(44-55)58-31-16-17-33-64(58)70(65)52-27-8-3-9-28-52/h1-45H. The molecule has 71 heavy (non-hydrogen) atoms. The third-order valence-electron chi connectivity index (χ3n) is 14.4. The van der Waals surface area contributed by atoms with Crippen LogP contribution < -0.4 is 4.90 Å². The van der Waals surface area contributed by atoms with Gasteiger partial charge in [0.05, 0.1) is 27.9 Å². The van der Waals surface area contributed by atoms with E-state index in [1.165, 1.54) is 93.0 Å². The molecule has 0 aliphatic heterocycles. The largest absolute Gasteiger partial charge is 0.310 e. The van der Waals surface area contributed by atoms with Crippen LogP contribution in [0.5, 0.6) is 0 Å². The second-order valence-corrected chi connectivity index (χ2v) is 18.5. The zero-order chi connectivity index (χ0) is 46.8. The number of fused-ring (bicyclic) bond motifs is 8. The molecule has 14 aromatic rings. The predicted octanol–water partition coefficient (Wildman–Crippen LogP) is 18.7. The summed E-state index contributed by atoms with van der Waals surface area (Å²) in [4.78, 5) is 2.44. The van der Waals surface area contributed by atoms with Gasteiger partial charge in [0.1, 0.15) is 0 Å². The molecule has 0 fully saturated rings. The first-order valence-electron chi connectivity index (χ1n) is 24.4. The number of anilines is 3. The fourth-order valence-corrected chi connectivity index (χ4v) is 11.3. The normalized spacial score (nSPS) is 11.7. The van der Waals surface area contributed by atoms with E-state index in [0.717, 1.165) is 34.0 Å². The average Bonchev–Trinajstić information content (AvgIpc) is 3.97. The van der Waals surface area contributed by atoms with Gasteiger partial charge in [0.2, 0.25) is 0 Å². The molecule has 3 heteroatoms. The molecular weight excluding hydrogens is 859 g/mol. The minimum atomic E-state index is 1.08. The first kappa shape index (κ1) is 40.6. The molecule has 2 aromatic heterocycles. The summed E-state index contributed by atoms with van der Waals surface area (Å²) < 4.78 is 4.90. The molecule has 0 aliphatic rings. The van der Waals surface area contributed by atoms with Gasteiger partial charge in [-0.15, -0.1) is 0 Å². The molecule has 332 valence electrons. The van der Waals surface area contributed by atoms with Crippen LogP contribution in [0, 0.1) is 0 Å². The van der Waals surface area contributed by atoms with E-state index >= 15 is 0 Å². The van der Waals surface area contributed by atoms with Gasteiger partial charge in [-0.1, -0.05) is 200 Å². The average molecular weight is 904 g/mol. The Labute approximate surface area is 412 Å². The van der Waals surface area contributed by atoms with Gasteiger partial charge in [-0.2, -0.15) is 0 Å². The summed E-state index contributed by atoms with van der Waals surface area (Å²) in [5.41, 5.74) is 16.2. The Kier molecular flexibility index (Phi) is 9.53. The van der Waals surface area contributed by atoms with Crippen molar-refractivity contribution in [3.05, 3.63) is 273 Å². The summed E-state index contributed by atoms with van der Waals surface area (Å²) in [7, 11) is 0. The number of hydrogen-bond acceptors (Lipinski definition) is 1. The topological polar surface area (TPSA) is 13.1 Å². The third-order valence-corrected chi connectivity index (χ3v) is 14.4. The number of hydrogen-bond donors (Lipinski definition) is 0. The van der Waals surface area contributed by atoms with Crippen molar-refractivity contribution in [1.82, 2.24) is 9.13 Å². The van der Waals surface area contributed by atoms with Crippen molar-refractivity contribution in [2.24, 2.45) is 0 Å². The highest BCUT2D eigenvalue weighted by atomic mass is 15.1. The molecule has 0 bridgehead atoms. The summed E-state index contributed by atoms with van der Waals surface area (Å²) in [6.45, 7) is 0. The smallest absolute Gasteiger partial charge is 0.0620 e. The van der Waals surface area contributed by atoms with E-state index in [9.17, 15) is 0 Å². The predicted molar refractivity (Wildman–Crippen MR) is 301 cm³/mol. The maximum atomic E-state index is 2.52. The van der Waals surface area contributed by atoms with Crippen LogP contribution in [-0.4, -0.2) is 9.13 Å². The molecule has 0 amide bonds. The lowest BCUT2D eigenvalue weighted by Crippen LogP contribution is -2.10. The Morgan fingerprint density at radius 3 is 1.65 bits per heavy atom. The van der Waals surface area contributed by atoms with Gasteiger partial charge in [0, 0.05) is 55.2 Å². The van der Waals surface area contributed by atoms with Gasteiger partial charge in [0.15, 0.2) is 0 Å². The van der Waals surface area contributed by atoms with Crippen molar-refractivity contribution in [1.29, 1.82) is 0 Å². The third kappa shape index (κ3) is 6.66. The lowest BCUT2D eigenvalue weighted by Gasteiger charge is -2.27. The van der Waals surface area contributed by atoms with Crippen molar-refractivity contribution in [3.63, 3.8) is 0 Å². The van der Waals surface area contributed by atoms with Crippen molar-refractivity contribution >= 4 is 82.1 Å². The summed E-state index contributed by atoms with van der Waals surface area (Å²) in [5.74, 6) is 0. The van der Waals surface area contributed by atoms with Crippen LogP contribution in [0.3, 0.4) is 0 Å². The number of aromatic nitrogens is 2. The van der Waals surface area contributed by atoms with E-state index in [-0.39, 0.29) is 0 Å². The number of para-hydroxylation sites is 2. The second kappa shape index (κ2) is 16.7. The molecule has 0 atom stereocenters. The van der Waals surface area contributed by atoms with Crippen LogP contribution in [0.15, 0.2) is 273 Å². The Morgan fingerprint density at radius 2 is 0.873 bits per heavy atom. The van der Waals surface area contributed by atoms with E-state index in [1.807, 2.05) is 0 Å². The van der Waals surface area contributed by atoms with Crippen molar-refractivity contribution < 1.29 is 0 Å². The molecule has 14 rings (SSSR count). The summed E-state index contributed by atoms with van der Waals surface area (Å²) >= 11 is 0. The highest BCUT2D eigenvalue weighted by molar-refractivity contribution is 6.20. The van der Waals surface area contributed by atoms with Gasteiger partial charge < -0.3 is 14.0 Å². The Balaban J connectivity index is 0.993. The number of benzene rings is 12. The minimum absolute atomic E-state index is 1.08. The van der Waals surface area contributed by atoms with Gasteiger partial charge in [-0.05, 0) is 117 Å². The highest BCUT2D eigenvalue weighted by Gasteiger charge is 2.25. The van der Waals surface area contributed by atoms with E-state index in [1.54, 1.807) is 0 Å². The Hall–Kier alpha value is -9.44. The van der Waals surface area contributed by atoms with E-state index < -0.39 is 0 Å². The second-order valence-electron chi connectivity index (χ2n) is 18.5. The molecule has 0 saturated heterocycles. The SMILES string of the molecule is c1ccc(-c2c(-c3ccccc3)n(-c3ccc4ccccc4c3)c3c2cc(-c2ccc(N(c4ccc5c(c4)c4ccccc4n5-c4ccccc4)c4cccc5ccccc45)cc2)c2ccccc23)cc1.